The minimum Gasteiger partial charge on any atom is -0.493 e. The van der Waals surface area contributed by atoms with E-state index in [-0.39, 0.29) is 5.82 Å². The molecule has 0 fully saturated rings. The minimum absolute atomic E-state index is 0.253. The summed E-state index contributed by atoms with van der Waals surface area (Å²) < 4.78 is 23.9. The van der Waals surface area contributed by atoms with Crippen LogP contribution in [0.15, 0.2) is 66.7 Å². The first-order valence-corrected chi connectivity index (χ1v) is 9.15. The van der Waals surface area contributed by atoms with Crippen LogP contribution < -0.4 is 14.8 Å². The number of fused-ring (bicyclic) bond motifs is 1. The van der Waals surface area contributed by atoms with Gasteiger partial charge in [0.1, 0.15) is 11.6 Å². The number of methoxy groups -OCH3 is 2. The molecule has 0 spiro atoms. The Labute approximate surface area is 168 Å². The Balaban J connectivity index is 1.73. The molecule has 0 aliphatic carbocycles. The van der Waals surface area contributed by atoms with E-state index in [0.717, 1.165) is 22.0 Å². The average Bonchev–Trinajstić information content (AvgIpc) is 2.77. The van der Waals surface area contributed by atoms with Crippen LogP contribution in [0.3, 0.4) is 0 Å². The second kappa shape index (κ2) is 8.14. The summed E-state index contributed by atoms with van der Waals surface area (Å²) in [5.74, 6) is 2.29. The van der Waals surface area contributed by atoms with Gasteiger partial charge >= 0.3 is 0 Å². The average molecular weight is 389 g/mol. The van der Waals surface area contributed by atoms with E-state index in [0.29, 0.717) is 29.7 Å². The van der Waals surface area contributed by atoms with Crippen molar-refractivity contribution < 1.29 is 13.9 Å². The molecule has 1 N–H and O–H groups in total. The third-order valence-corrected chi connectivity index (χ3v) is 4.62. The van der Waals surface area contributed by atoms with Gasteiger partial charge in [-0.2, -0.15) is 0 Å². The lowest BCUT2D eigenvalue weighted by Crippen LogP contribution is -2.04. The summed E-state index contributed by atoms with van der Waals surface area (Å²) in [5, 5.41) is 4.27. The van der Waals surface area contributed by atoms with Crippen LogP contribution in [0.25, 0.3) is 22.3 Å². The Morgan fingerprint density at radius 3 is 2.38 bits per heavy atom. The number of hydrogen-bond acceptors (Lipinski definition) is 5. The molecule has 0 aliphatic rings. The first kappa shape index (κ1) is 18.7. The molecule has 0 radical (unpaired) electrons. The summed E-state index contributed by atoms with van der Waals surface area (Å²) in [6, 6.07) is 19.8. The lowest BCUT2D eigenvalue weighted by molar-refractivity contribution is 0.355. The maximum absolute atomic E-state index is 13.2. The molecular weight excluding hydrogens is 369 g/mol. The Kier molecular flexibility index (Phi) is 5.24. The molecule has 0 aliphatic heterocycles. The number of hydrogen-bond donors (Lipinski definition) is 1. The maximum Gasteiger partial charge on any atom is 0.162 e. The molecule has 0 saturated carbocycles. The molecular formula is C23H20FN3O2. The molecule has 4 aromatic rings. The second-order valence-corrected chi connectivity index (χ2v) is 6.46. The Morgan fingerprint density at radius 1 is 0.862 bits per heavy atom. The van der Waals surface area contributed by atoms with Crippen LogP contribution in [0.2, 0.25) is 0 Å². The van der Waals surface area contributed by atoms with E-state index in [9.17, 15) is 4.39 Å². The van der Waals surface area contributed by atoms with Gasteiger partial charge in [0, 0.05) is 17.5 Å². The topological polar surface area (TPSA) is 56.3 Å². The van der Waals surface area contributed by atoms with E-state index in [4.69, 9.17) is 19.4 Å². The molecule has 29 heavy (non-hydrogen) atoms. The second-order valence-electron chi connectivity index (χ2n) is 6.46. The summed E-state index contributed by atoms with van der Waals surface area (Å²) >= 11 is 0. The van der Waals surface area contributed by atoms with Crippen LogP contribution in [0.5, 0.6) is 11.5 Å². The lowest BCUT2D eigenvalue weighted by Gasteiger charge is -2.13. The van der Waals surface area contributed by atoms with Crippen LogP contribution in [0, 0.1) is 5.82 Å². The van der Waals surface area contributed by atoms with Gasteiger partial charge in [-0.05, 0) is 48.0 Å². The number of anilines is 1. The molecule has 0 bridgehead atoms. The maximum atomic E-state index is 13.2. The SMILES string of the molecule is COc1ccc(-c2nc(NCc3ccc(F)cc3)c3ccccc3n2)cc1OC. The van der Waals surface area contributed by atoms with E-state index >= 15 is 0 Å². The number of benzene rings is 3. The van der Waals surface area contributed by atoms with Crippen LogP contribution in [0.1, 0.15) is 5.56 Å². The first-order valence-electron chi connectivity index (χ1n) is 9.15. The number of aromatic nitrogens is 2. The van der Waals surface area contributed by atoms with Gasteiger partial charge in [-0.3, -0.25) is 0 Å². The van der Waals surface area contributed by atoms with Gasteiger partial charge in [-0.1, -0.05) is 24.3 Å². The highest BCUT2D eigenvalue weighted by Crippen LogP contribution is 2.32. The molecule has 0 atom stereocenters. The van der Waals surface area contributed by atoms with Crippen molar-refractivity contribution in [1.29, 1.82) is 0 Å². The monoisotopic (exact) mass is 389 g/mol. The Bertz CT molecular complexity index is 1150. The highest BCUT2D eigenvalue weighted by molar-refractivity contribution is 5.90. The molecule has 6 heteroatoms. The number of para-hydroxylation sites is 1. The van der Waals surface area contributed by atoms with E-state index in [1.54, 1.807) is 26.4 Å². The fraction of sp³-hybridized carbons (Fsp3) is 0.130. The molecule has 146 valence electrons. The Morgan fingerprint density at radius 2 is 1.62 bits per heavy atom. The van der Waals surface area contributed by atoms with Crippen LogP contribution in [-0.4, -0.2) is 24.2 Å². The summed E-state index contributed by atoms with van der Waals surface area (Å²) in [6.45, 7) is 0.520. The van der Waals surface area contributed by atoms with Gasteiger partial charge in [0.15, 0.2) is 17.3 Å². The van der Waals surface area contributed by atoms with E-state index in [1.165, 1.54) is 12.1 Å². The zero-order valence-electron chi connectivity index (χ0n) is 16.1. The number of ether oxygens (including phenoxy) is 2. The summed E-state index contributed by atoms with van der Waals surface area (Å²) in [7, 11) is 3.19. The number of nitrogens with zero attached hydrogens (tertiary/aromatic N) is 2. The number of nitrogens with one attached hydrogen (secondary N) is 1. The first-order chi connectivity index (χ1) is 14.2. The lowest BCUT2D eigenvalue weighted by atomic mass is 10.1. The third-order valence-electron chi connectivity index (χ3n) is 4.62. The van der Waals surface area contributed by atoms with Crippen molar-refractivity contribution in [3.05, 3.63) is 78.1 Å². The highest BCUT2D eigenvalue weighted by atomic mass is 19.1. The van der Waals surface area contributed by atoms with Gasteiger partial charge in [0.05, 0.1) is 19.7 Å². The fourth-order valence-electron chi connectivity index (χ4n) is 3.10. The van der Waals surface area contributed by atoms with Crippen molar-refractivity contribution in [1.82, 2.24) is 9.97 Å². The zero-order chi connectivity index (χ0) is 20.2. The van der Waals surface area contributed by atoms with Gasteiger partial charge < -0.3 is 14.8 Å². The quantitative estimate of drug-likeness (QED) is 0.499. The van der Waals surface area contributed by atoms with Gasteiger partial charge in [0.2, 0.25) is 0 Å². The number of halogens is 1. The van der Waals surface area contributed by atoms with Crippen LogP contribution in [-0.2, 0) is 6.54 Å². The van der Waals surface area contributed by atoms with Crippen molar-refractivity contribution in [2.24, 2.45) is 0 Å². The molecule has 4 rings (SSSR count). The van der Waals surface area contributed by atoms with Crippen LogP contribution >= 0.6 is 0 Å². The standard InChI is InChI=1S/C23H20FN3O2/c1-28-20-12-9-16(13-21(20)29-2)22-26-19-6-4-3-5-18(19)23(27-22)25-14-15-7-10-17(24)11-8-15/h3-13H,14H2,1-2H3,(H,25,26,27). The van der Waals surface area contributed by atoms with E-state index < -0.39 is 0 Å². The summed E-state index contributed by atoms with van der Waals surface area (Å²) in [5.41, 5.74) is 2.61. The summed E-state index contributed by atoms with van der Waals surface area (Å²) in [6.07, 6.45) is 0. The summed E-state index contributed by atoms with van der Waals surface area (Å²) in [4.78, 5) is 9.45. The molecule has 0 unspecified atom stereocenters. The van der Waals surface area contributed by atoms with Gasteiger partial charge in [-0.15, -0.1) is 0 Å². The minimum atomic E-state index is -0.253. The van der Waals surface area contributed by atoms with Crippen LogP contribution in [0.4, 0.5) is 10.2 Å². The zero-order valence-corrected chi connectivity index (χ0v) is 16.1. The van der Waals surface area contributed by atoms with Crippen molar-refractivity contribution in [3.63, 3.8) is 0 Å². The smallest absolute Gasteiger partial charge is 0.162 e. The van der Waals surface area contributed by atoms with Crippen molar-refractivity contribution in [3.8, 4) is 22.9 Å². The van der Waals surface area contributed by atoms with E-state index in [1.807, 2.05) is 42.5 Å². The molecule has 5 nitrogen and oxygen atoms in total. The van der Waals surface area contributed by atoms with Gasteiger partial charge in [-0.25, -0.2) is 14.4 Å². The predicted octanol–water partition coefficient (Wildman–Crippen LogP) is 5.07. The number of rotatable bonds is 6. The third kappa shape index (κ3) is 3.96. The predicted molar refractivity (Wildman–Crippen MR) is 112 cm³/mol. The van der Waals surface area contributed by atoms with Crippen molar-refractivity contribution in [2.45, 2.75) is 6.54 Å². The van der Waals surface area contributed by atoms with Gasteiger partial charge in [0.25, 0.3) is 0 Å². The van der Waals surface area contributed by atoms with E-state index in [2.05, 4.69) is 5.32 Å². The molecule has 1 heterocycles. The largest absolute Gasteiger partial charge is 0.493 e. The van der Waals surface area contributed by atoms with Crippen molar-refractivity contribution >= 4 is 16.7 Å². The molecule has 3 aromatic carbocycles. The molecule has 0 saturated heterocycles. The normalized spacial score (nSPS) is 10.7. The van der Waals surface area contributed by atoms with Crippen molar-refractivity contribution in [2.75, 3.05) is 19.5 Å². The fourth-order valence-corrected chi connectivity index (χ4v) is 3.10. The Hall–Kier alpha value is -3.67. The molecule has 0 amide bonds. The molecule has 1 aromatic heterocycles. The highest BCUT2D eigenvalue weighted by Gasteiger charge is 2.12.